The van der Waals surface area contributed by atoms with Crippen LogP contribution in [0.25, 0.3) is 0 Å². The molecule has 0 spiro atoms. The van der Waals surface area contributed by atoms with Gasteiger partial charge < -0.3 is 10.2 Å². The minimum atomic E-state index is -0.669. The van der Waals surface area contributed by atoms with Crippen LogP contribution in [0.4, 0.5) is 0 Å². The van der Waals surface area contributed by atoms with Gasteiger partial charge in [-0.1, -0.05) is 47.0 Å². The van der Waals surface area contributed by atoms with Crippen molar-refractivity contribution in [2.24, 2.45) is 11.3 Å². The Balaban J connectivity index is 5.14. The molecule has 140 valence electrons. The zero-order valence-electron chi connectivity index (χ0n) is 15.8. The molecule has 0 aliphatic carbocycles. The number of rotatable bonds is 10. The first-order chi connectivity index (χ1) is 11.0. The summed E-state index contributed by atoms with van der Waals surface area (Å²) in [6.07, 6.45) is 3.64. The predicted molar refractivity (Wildman–Crippen MR) is 92.3 cm³/mol. The van der Waals surface area contributed by atoms with Gasteiger partial charge in [0.2, 0.25) is 18.2 Å². The molecule has 0 radical (unpaired) electrons. The summed E-state index contributed by atoms with van der Waals surface area (Å²) in [5, 5.41) is 12.7. The van der Waals surface area contributed by atoms with Gasteiger partial charge in [0.05, 0.1) is 12.5 Å². The summed E-state index contributed by atoms with van der Waals surface area (Å²) >= 11 is 0. The molecule has 7 heteroatoms. The number of nitrogens with zero attached hydrogens (tertiary/aromatic N) is 2. The first-order valence-electron chi connectivity index (χ1n) is 8.46. The molecule has 0 heterocycles. The highest BCUT2D eigenvalue weighted by Crippen LogP contribution is 2.22. The van der Waals surface area contributed by atoms with Crippen molar-refractivity contribution in [1.82, 2.24) is 15.3 Å². The van der Waals surface area contributed by atoms with E-state index in [0.29, 0.717) is 11.5 Å². The number of unbranched alkanes of at least 4 members (excludes halogenated alkanes) is 2. The Labute approximate surface area is 145 Å². The van der Waals surface area contributed by atoms with E-state index in [-0.39, 0.29) is 24.8 Å². The number of amides is 3. The van der Waals surface area contributed by atoms with Crippen molar-refractivity contribution < 1.29 is 19.6 Å². The largest absolute Gasteiger partial charge is 0.347 e. The van der Waals surface area contributed by atoms with Gasteiger partial charge >= 0.3 is 0 Å². The third-order valence-electron chi connectivity index (χ3n) is 3.90. The lowest BCUT2D eigenvalue weighted by atomic mass is 9.85. The van der Waals surface area contributed by atoms with E-state index in [1.165, 1.54) is 4.90 Å². The molecule has 0 aliphatic rings. The number of hydroxylamine groups is 2. The summed E-state index contributed by atoms with van der Waals surface area (Å²) in [6.45, 7) is 7.63. The number of hydrogen-bond acceptors (Lipinski definition) is 4. The molecule has 24 heavy (non-hydrogen) atoms. The lowest BCUT2D eigenvalue weighted by Gasteiger charge is -2.33. The highest BCUT2D eigenvalue weighted by molar-refractivity contribution is 5.89. The van der Waals surface area contributed by atoms with Crippen molar-refractivity contribution in [2.75, 3.05) is 20.6 Å². The molecule has 0 fully saturated rings. The maximum absolute atomic E-state index is 12.6. The van der Waals surface area contributed by atoms with Crippen molar-refractivity contribution in [3.8, 4) is 0 Å². The highest BCUT2D eigenvalue weighted by Gasteiger charge is 2.35. The van der Waals surface area contributed by atoms with Crippen molar-refractivity contribution >= 4 is 18.2 Å². The van der Waals surface area contributed by atoms with Gasteiger partial charge in [-0.15, -0.1) is 0 Å². The average molecular weight is 343 g/mol. The van der Waals surface area contributed by atoms with E-state index in [1.807, 2.05) is 20.8 Å². The molecule has 2 N–H and O–H groups in total. The van der Waals surface area contributed by atoms with Gasteiger partial charge in [-0.3, -0.25) is 19.6 Å². The standard InChI is InChI=1S/C17H33N3O4/c1-7-8-9-10-13(11-20(24)12-21)15(22)18-14(17(2,3)4)16(23)19(5)6/h12-14,24H,7-11H2,1-6H3,(H,18,22)/t13-,14+/m0/s1. The zero-order chi connectivity index (χ0) is 18.9. The van der Waals surface area contributed by atoms with Gasteiger partial charge in [0.15, 0.2) is 0 Å². The molecular formula is C17H33N3O4. The monoisotopic (exact) mass is 343 g/mol. The smallest absolute Gasteiger partial charge is 0.245 e. The molecule has 0 aliphatic heterocycles. The lowest BCUT2D eigenvalue weighted by molar-refractivity contribution is -0.155. The van der Waals surface area contributed by atoms with E-state index < -0.39 is 17.4 Å². The topological polar surface area (TPSA) is 90.0 Å². The van der Waals surface area contributed by atoms with Crippen molar-refractivity contribution in [2.45, 2.75) is 59.4 Å². The second kappa shape index (κ2) is 10.3. The summed E-state index contributed by atoms with van der Waals surface area (Å²) in [5.74, 6) is -1.05. The summed E-state index contributed by atoms with van der Waals surface area (Å²) in [7, 11) is 3.29. The average Bonchev–Trinajstić information content (AvgIpc) is 2.49. The van der Waals surface area contributed by atoms with E-state index >= 15 is 0 Å². The third-order valence-corrected chi connectivity index (χ3v) is 3.90. The fourth-order valence-electron chi connectivity index (χ4n) is 2.38. The van der Waals surface area contributed by atoms with Gasteiger partial charge in [-0.25, -0.2) is 5.06 Å². The van der Waals surface area contributed by atoms with Gasteiger partial charge in [-0.05, 0) is 11.8 Å². The van der Waals surface area contributed by atoms with Crippen LogP contribution in [0.5, 0.6) is 0 Å². The quantitative estimate of drug-likeness (QED) is 0.273. The van der Waals surface area contributed by atoms with Crippen LogP contribution in [0, 0.1) is 11.3 Å². The van der Waals surface area contributed by atoms with E-state index in [1.54, 1.807) is 14.1 Å². The number of carbonyl (C=O) groups is 3. The van der Waals surface area contributed by atoms with E-state index in [4.69, 9.17) is 0 Å². The summed E-state index contributed by atoms with van der Waals surface area (Å²) < 4.78 is 0. The van der Waals surface area contributed by atoms with Crippen LogP contribution < -0.4 is 5.32 Å². The molecule has 0 rings (SSSR count). The van der Waals surface area contributed by atoms with E-state index in [9.17, 15) is 19.6 Å². The van der Waals surface area contributed by atoms with Crippen molar-refractivity contribution in [3.05, 3.63) is 0 Å². The van der Waals surface area contributed by atoms with Crippen LogP contribution in [-0.2, 0) is 14.4 Å². The second-order valence-corrected chi connectivity index (χ2v) is 7.46. The fraction of sp³-hybridized carbons (Fsp3) is 0.824. The minimum absolute atomic E-state index is 0.0773. The molecule has 0 aromatic carbocycles. The summed E-state index contributed by atoms with van der Waals surface area (Å²) in [6, 6.07) is -0.669. The van der Waals surface area contributed by atoms with Gasteiger partial charge in [0.1, 0.15) is 6.04 Å². The molecule has 0 saturated carbocycles. The van der Waals surface area contributed by atoms with Crippen molar-refractivity contribution in [3.63, 3.8) is 0 Å². The Morgan fingerprint density at radius 2 is 1.79 bits per heavy atom. The Morgan fingerprint density at radius 3 is 2.21 bits per heavy atom. The van der Waals surface area contributed by atoms with E-state index in [2.05, 4.69) is 12.2 Å². The maximum Gasteiger partial charge on any atom is 0.245 e. The molecule has 0 saturated heterocycles. The van der Waals surface area contributed by atoms with Crippen molar-refractivity contribution in [1.29, 1.82) is 0 Å². The maximum atomic E-state index is 12.6. The molecule has 0 aromatic rings. The third kappa shape index (κ3) is 7.77. The predicted octanol–water partition coefficient (Wildman–Crippen LogP) is 1.65. The van der Waals surface area contributed by atoms with E-state index in [0.717, 1.165) is 19.3 Å². The number of likely N-dealkylation sites (N-methyl/N-ethyl adjacent to an activating group) is 1. The van der Waals surface area contributed by atoms with Crippen LogP contribution in [-0.4, -0.2) is 60.1 Å². The molecule has 0 aromatic heterocycles. The molecule has 0 bridgehead atoms. The van der Waals surface area contributed by atoms with Crippen LogP contribution >= 0.6 is 0 Å². The first kappa shape index (κ1) is 22.4. The van der Waals surface area contributed by atoms with Crippen LogP contribution in [0.3, 0.4) is 0 Å². The fourth-order valence-corrected chi connectivity index (χ4v) is 2.38. The molecule has 0 unspecified atom stereocenters. The molecule has 3 amide bonds. The zero-order valence-corrected chi connectivity index (χ0v) is 15.8. The number of nitrogens with one attached hydrogen (secondary N) is 1. The van der Waals surface area contributed by atoms with Crippen LogP contribution in [0.2, 0.25) is 0 Å². The van der Waals surface area contributed by atoms with Crippen LogP contribution in [0.15, 0.2) is 0 Å². The first-order valence-corrected chi connectivity index (χ1v) is 8.46. The second-order valence-electron chi connectivity index (χ2n) is 7.46. The van der Waals surface area contributed by atoms with Gasteiger partial charge in [0.25, 0.3) is 0 Å². The molecule has 2 atom stereocenters. The molecular weight excluding hydrogens is 310 g/mol. The highest BCUT2D eigenvalue weighted by atomic mass is 16.5. The number of hydrogen-bond donors (Lipinski definition) is 2. The Kier molecular flexibility index (Phi) is 9.58. The SMILES string of the molecule is CCCCC[C@@H](CN(O)C=O)C(=O)N[C@H](C(=O)N(C)C)C(C)(C)C. The van der Waals surface area contributed by atoms with Crippen LogP contribution in [0.1, 0.15) is 53.4 Å². The Bertz CT molecular complexity index is 419. The van der Waals surface area contributed by atoms with Gasteiger partial charge in [-0.2, -0.15) is 0 Å². The minimum Gasteiger partial charge on any atom is -0.347 e. The Hall–Kier alpha value is -1.63. The molecule has 7 nitrogen and oxygen atoms in total. The lowest BCUT2D eigenvalue weighted by Crippen LogP contribution is -2.55. The Morgan fingerprint density at radius 1 is 1.21 bits per heavy atom. The van der Waals surface area contributed by atoms with Gasteiger partial charge in [0, 0.05) is 14.1 Å². The number of carbonyl (C=O) groups excluding carboxylic acids is 3. The normalized spacial score (nSPS) is 13.8. The summed E-state index contributed by atoms with van der Waals surface area (Å²) in [5.41, 5.74) is -0.450. The summed E-state index contributed by atoms with van der Waals surface area (Å²) in [4.78, 5) is 37.1.